The van der Waals surface area contributed by atoms with Crippen molar-refractivity contribution in [1.82, 2.24) is 10.4 Å². The number of nitrogens with zero attached hydrogens (tertiary/aromatic N) is 1. The molecule has 27 heavy (non-hydrogen) atoms. The van der Waals surface area contributed by atoms with Crippen molar-refractivity contribution in [2.75, 3.05) is 12.4 Å². The first kappa shape index (κ1) is 18.2. The van der Waals surface area contributed by atoms with Crippen molar-refractivity contribution in [3.05, 3.63) is 60.3 Å². The molecule has 3 aromatic rings. The Labute approximate surface area is 156 Å². The molecule has 0 saturated heterocycles. The van der Waals surface area contributed by atoms with Gasteiger partial charge < -0.3 is 15.0 Å². The van der Waals surface area contributed by atoms with Crippen LogP contribution in [0, 0.1) is 0 Å². The van der Waals surface area contributed by atoms with E-state index in [0.717, 1.165) is 16.5 Å². The van der Waals surface area contributed by atoms with Crippen LogP contribution in [0.5, 0.6) is 5.75 Å². The van der Waals surface area contributed by atoms with Gasteiger partial charge in [0.05, 0.1) is 13.3 Å². The van der Waals surface area contributed by atoms with E-state index in [-0.39, 0.29) is 24.7 Å². The molecule has 1 aromatic heterocycles. The summed E-state index contributed by atoms with van der Waals surface area (Å²) < 4.78 is 5.06. The molecule has 3 rings (SSSR count). The Morgan fingerprint density at radius 2 is 1.81 bits per heavy atom. The quantitative estimate of drug-likeness (QED) is 0.444. The molecule has 0 bridgehead atoms. The molecule has 3 N–H and O–H groups in total. The number of aromatic nitrogens is 1. The summed E-state index contributed by atoms with van der Waals surface area (Å²) in [6.45, 7) is 0. The Kier molecular flexibility index (Phi) is 5.84. The molecule has 2 amide bonds. The molecule has 0 radical (unpaired) electrons. The molecule has 0 saturated carbocycles. The van der Waals surface area contributed by atoms with E-state index >= 15 is 0 Å². The van der Waals surface area contributed by atoms with Crippen LogP contribution in [0.4, 0.5) is 5.69 Å². The highest BCUT2D eigenvalue weighted by atomic mass is 16.5. The number of hydrogen-bond donors (Lipinski definition) is 3. The topological polar surface area (TPSA) is 95.6 Å². The van der Waals surface area contributed by atoms with Crippen molar-refractivity contribution in [2.45, 2.75) is 12.8 Å². The number of nitrogens with one attached hydrogen (secondary N) is 3. The number of anilines is 1. The number of hydrazone groups is 1. The SMILES string of the molecule is COc1ccc(NC(=O)CCC(=O)NN=Cc2c[nH]c3ccccc23)cc1. The van der Waals surface area contributed by atoms with Gasteiger partial charge in [0.1, 0.15) is 5.75 Å². The molecule has 7 heteroatoms. The number of H-pyrrole nitrogens is 1. The normalized spacial score (nSPS) is 10.9. The maximum atomic E-state index is 11.9. The van der Waals surface area contributed by atoms with Gasteiger partial charge in [-0.2, -0.15) is 5.10 Å². The van der Waals surface area contributed by atoms with E-state index in [1.54, 1.807) is 37.6 Å². The van der Waals surface area contributed by atoms with Crippen LogP contribution in [-0.2, 0) is 9.59 Å². The lowest BCUT2D eigenvalue weighted by atomic mass is 10.2. The van der Waals surface area contributed by atoms with Crippen LogP contribution >= 0.6 is 0 Å². The number of methoxy groups -OCH3 is 1. The van der Waals surface area contributed by atoms with E-state index in [9.17, 15) is 9.59 Å². The summed E-state index contributed by atoms with van der Waals surface area (Å²) in [7, 11) is 1.58. The van der Waals surface area contributed by atoms with Crippen molar-refractivity contribution in [1.29, 1.82) is 0 Å². The second-order valence-corrected chi connectivity index (χ2v) is 5.86. The third-order valence-electron chi connectivity index (χ3n) is 3.97. The lowest BCUT2D eigenvalue weighted by Gasteiger charge is -2.06. The van der Waals surface area contributed by atoms with Crippen LogP contribution in [0.25, 0.3) is 10.9 Å². The van der Waals surface area contributed by atoms with E-state index in [0.29, 0.717) is 11.4 Å². The number of rotatable bonds is 7. The number of hydrogen-bond acceptors (Lipinski definition) is 4. The fourth-order valence-electron chi connectivity index (χ4n) is 2.56. The Morgan fingerprint density at radius 1 is 1.07 bits per heavy atom. The van der Waals surface area contributed by atoms with E-state index in [1.165, 1.54) is 0 Å². The largest absolute Gasteiger partial charge is 0.497 e. The van der Waals surface area contributed by atoms with Crippen LogP contribution in [0.2, 0.25) is 0 Å². The van der Waals surface area contributed by atoms with Gasteiger partial charge in [0.25, 0.3) is 0 Å². The summed E-state index contributed by atoms with van der Waals surface area (Å²) in [6, 6.07) is 14.8. The number of aromatic amines is 1. The summed E-state index contributed by atoms with van der Waals surface area (Å²) in [5.74, 6) is 0.146. The molecule has 7 nitrogen and oxygen atoms in total. The van der Waals surface area contributed by atoms with Crippen LogP contribution in [0.3, 0.4) is 0 Å². The minimum atomic E-state index is -0.323. The fraction of sp³-hybridized carbons (Fsp3) is 0.150. The number of ether oxygens (including phenoxy) is 1. The molecule has 1 heterocycles. The number of benzene rings is 2. The van der Waals surface area contributed by atoms with Gasteiger partial charge in [0.15, 0.2) is 0 Å². The predicted octanol–water partition coefficient (Wildman–Crippen LogP) is 3.05. The summed E-state index contributed by atoms with van der Waals surface area (Å²) in [5.41, 5.74) is 4.97. The number of fused-ring (bicyclic) bond motifs is 1. The van der Waals surface area contributed by atoms with Crippen molar-refractivity contribution < 1.29 is 14.3 Å². The summed E-state index contributed by atoms with van der Waals surface area (Å²) in [6.07, 6.45) is 3.52. The van der Waals surface area contributed by atoms with Crippen LogP contribution in [0.15, 0.2) is 59.8 Å². The lowest BCUT2D eigenvalue weighted by molar-refractivity contribution is -0.124. The molecular formula is C20H20N4O3. The third-order valence-corrected chi connectivity index (χ3v) is 3.97. The van der Waals surface area contributed by atoms with Gasteiger partial charge in [-0.05, 0) is 30.3 Å². The van der Waals surface area contributed by atoms with Gasteiger partial charge >= 0.3 is 0 Å². The van der Waals surface area contributed by atoms with E-state index in [2.05, 4.69) is 20.8 Å². The Morgan fingerprint density at radius 3 is 2.59 bits per heavy atom. The van der Waals surface area contributed by atoms with E-state index in [1.807, 2.05) is 30.5 Å². The second kappa shape index (κ2) is 8.66. The van der Waals surface area contributed by atoms with Gasteiger partial charge in [-0.3, -0.25) is 9.59 Å². The maximum Gasteiger partial charge on any atom is 0.240 e. The molecule has 0 fully saturated rings. The van der Waals surface area contributed by atoms with E-state index in [4.69, 9.17) is 4.74 Å². The Bertz CT molecular complexity index is 961. The molecule has 138 valence electrons. The van der Waals surface area contributed by atoms with Crippen molar-refractivity contribution in [3.8, 4) is 5.75 Å². The highest BCUT2D eigenvalue weighted by molar-refractivity contribution is 5.99. The first-order valence-electron chi connectivity index (χ1n) is 8.47. The number of carbonyl (C=O) groups is 2. The third kappa shape index (κ3) is 4.94. The summed E-state index contributed by atoms with van der Waals surface area (Å²) in [5, 5.41) is 7.71. The zero-order valence-electron chi connectivity index (χ0n) is 14.9. The van der Waals surface area contributed by atoms with Gasteiger partial charge in [0, 0.05) is 41.2 Å². The molecule has 0 atom stereocenters. The summed E-state index contributed by atoms with van der Waals surface area (Å²) in [4.78, 5) is 26.9. The average Bonchev–Trinajstić information content (AvgIpc) is 3.10. The van der Waals surface area contributed by atoms with Crippen molar-refractivity contribution in [3.63, 3.8) is 0 Å². The van der Waals surface area contributed by atoms with Crippen LogP contribution < -0.4 is 15.5 Å². The molecule has 0 unspecified atom stereocenters. The number of carbonyl (C=O) groups excluding carboxylic acids is 2. The lowest BCUT2D eigenvalue weighted by Crippen LogP contribution is -2.20. The maximum absolute atomic E-state index is 11.9. The molecule has 0 aliphatic rings. The van der Waals surface area contributed by atoms with Gasteiger partial charge in [-0.25, -0.2) is 5.43 Å². The molecule has 0 spiro atoms. The Hall–Kier alpha value is -3.61. The standard InChI is InChI=1S/C20H20N4O3/c1-27-16-8-6-15(7-9-16)23-19(25)10-11-20(26)24-22-13-14-12-21-18-5-3-2-4-17(14)18/h2-9,12-13,21H,10-11H2,1H3,(H,23,25)(H,24,26). The van der Waals surface area contributed by atoms with Gasteiger partial charge in [0.2, 0.25) is 11.8 Å². The summed E-state index contributed by atoms with van der Waals surface area (Å²) >= 11 is 0. The first-order valence-corrected chi connectivity index (χ1v) is 8.47. The number of para-hydroxylation sites is 1. The zero-order valence-corrected chi connectivity index (χ0v) is 14.9. The van der Waals surface area contributed by atoms with Crippen molar-refractivity contribution >= 4 is 34.6 Å². The molecule has 0 aliphatic heterocycles. The van der Waals surface area contributed by atoms with Crippen LogP contribution in [0.1, 0.15) is 18.4 Å². The minimum Gasteiger partial charge on any atom is -0.497 e. The Balaban J connectivity index is 1.44. The zero-order chi connectivity index (χ0) is 19.1. The fourth-order valence-corrected chi connectivity index (χ4v) is 2.56. The van der Waals surface area contributed by atoms with Crippen LogP contribution in [-0.4, -0.2) is 30.1 Å². The highest BCUT2D eigenvalue weighted by Gasteiger charge is 2.07. The number of amides is 2. The highest BCUT2D eigenvalue weighted by Crippen LogP contribution is 2.16. The molecular weight excluding hydrogens is 344 g/mol. The predicted molar refractivity (Wildman–Crippen MR) is 105 cm³/mol. The molecule has 2 aromatic carbocycles. The van der Waals surface area contributed by atoms with E-state index < -0.39 is 0 Å². The average molecular weight is 364 g/mol. The molecule has 0 aliphatic carbocycles. The first-order chi connectivity index (χ1) is 13.2. The van der Waals surface area contributed by atoms with Crippen molar-refractivity contribution in [2.24, 2.45) is 5.10 Å². The second-order valence-electron chi connectivity index (χ2n) is 5.86. The smallest absolute Gasteiger partial charge is 0.240 e. The minimum absolute atomic E-state index is 0.0488. The van der Waals surface area contributed by atoms with Gasteiger partial charge in [-0.1, -0.05) is 18.2 Å². The monoisotopic (exact) mass is 364 g/mol. The van der Waals surface area contributed by atoms with Gasteiger partial charge in [-0.15, -0.1) is 0 Å².